The first-order valence-electron chi connectivity index (χ1n) is 7.30. The van der Waals surface area contributed by atoms with Crippen LogP contribution in [0.2, 0.25) is 0 Å². The van der Waals surface area contributed by atoms with Crippen molar-refractivity contribution in [1.82, 2.24) is 9.88 Å². The van der Waals surface area contributed by atoms with Gasteiger partial charge in [-0.3, -0.25) is 9.78 Å². The lowest BCUT2D eigenvalue weighted by atomic mass is 10.1. The van der Waals surface area contributed by atoms with E-state index in [1.807, 2.05) is 48.2 Å². The summed E-state index contributed by atoms with van der Waals surface area (Å²) in [6.45, 7) is 3.43. The van der Waals surface area contributed by atoms with Crippen LogP contribution < -0.4 is 0 Å². The van der Waals surface area contributed by atoms with Crippen molar-refractivity contribution in [3.63, 3.8) is 0 Å². The first kappa shape index (κ1) is 18.4. The number of hydrogen-bond acceptors (Lipinski definition) is 3. The van der Waals surface area contributed by atoms with Gasteiger partial charge in [-0.2, -0.15) is 13.2 Å². The van der Waals surface area contributed by atoms with Gasteiger partial charge >= 0.3 is 12.1 Å². The summed E-state index contributed by atoms with van der Waals surface area (Å²) in [5.74, 6) is -2.68. The molecule has 1 amide bonds. The molecule has 132 valence electrons. The minimum Gasteiger partial charge on any atom is -0.475 e. The number of rotatable bonds is 1. The van der Waals surface area contributed by atoms with Crippen molar-refractivity contribution >= 4 is 22.8 Å². The van der Waals surface area contributed by atoms with E-state index >= 15 is 0 Å². The van der Waals surface area contributed by atoms with Crippen molar-refractivity contribution < 1.29 is 27.9 Å². The first-order valence-corrected chi connectivity index (χ1v) is 7.30. The van der Waals surface area contributed by atoms with Gasteiger partial charge in [-0.05, 0) is 25.1 Å². The van der Waals surface area contributed by atoms with Crippen LogP contribution in [0.5, 0.6) is 0 Å². The van der Waals surface area contributed by atoms with E-state index in [1.54, 1.807) is 6.20 Å². The Morgan fingerprint density at radius 1 is 1.16 bits per heavy atom. The van der Waals surface area contributed by atoms with Crippen molar-refractivity contribution in [3.8, 4) is 0 Å². The van der Waals surface area contributed by atoms with Crippen LogP contribution in [0.1, 0.15) is 15.9 Å². The van der Waals surface area contributed by atoms with Gasteiger partial charge < -0.3 is 10.0 Å². The number of aromatic nitrogens is 1. The van der Waals surface area contributed by atoms with Crippen LogP contribution in [0, 0.1) is 6.92 Å². The number of carbonyl (C=O) groups excluding carboxylic acids is 1. The number of aliphatic carboxylic acids is 1. The molecule has 0 saturated carbocycles. The minimum absolute atomic E-state index is 0.0815. The van der Waals surface area contributed by atoms with Crippen LogP contribution in [-0.2, 0) is 4.79 Å². The summed E-state index contributed by atoms with van der Waals surface area (Å²) in [6.07, 6.45) is 0.660. The highest BCUT2D eigenvalue weighted by Gasteiger charge is 2.38. The molecule has 1 aromatic carbocycles. The van der Waals surface area contributed by atoms with Gasteiger partial charge in [0.25, 0.3) is 5.91 Å². The van der Waals surface area contributed by atoms with Crippen molar-refractivity contribution in [2.75, 3.05) is 13.1 Å². The Hall–Kier alpha value is -2.90. The van der Waals surface area contributed by atoms with Gasteiger partial charge in [0.1, 0.15) is 0 Å². The molecule has 0 unspecified atom stereocenters. The molecule has 1 aromatic heterocycles. The van der Waals surface area contributed by atoms with Gasteiger partial charge in [-0.25, -0.2) is 4.79 Å². The molecule has 0 fully saturated rings. The standard InChI is InChI=1S/C15H14N2O.C2HF3O2/c1-11-4-5-14-13(10-11)12(6-7-16-14)15(18)17-8-2-3-9-17;3-2(4,5)1(6)7/h2-7,10H,8-9H2,1H3;(H,6,7). The van der Waals surface area contributed by atoms with Gasteiger partial charge in [0.15, 0.2) is 0 Å². The fourth-order valence-electron chi connectivity index (χ4n) is 2.26. The summed E-state index contributed by atoms with van der Waals surface area (Å²) in [5.41, 5.74) is 2.76. The summed E-state index contributed by atoms with van der Waals surface area (Å²) >= 11 is 0. The largest absolute Gasteiger partial charge is 0.490 e. The predicted octanol–water partition coefficient (Wildman–Crippen LogP) is 3.19. The molecule has 0 atom stereocenters. The number of aryl methyl sites for hydroxylation is 1. The van der Waals surface area contributed by atoms with Crippen molar-refractivity contribution in [1.29, 1.82) is 0 Å². The van der Waals surface area contributed by atoms with Crippen LogP contribution in [-0.4, -0.2) is 46.1 Å². The lowest BCUT2D eigenvalue weighted by molar-refractivity contribution is -0.192. The maximum Gasteiger partial charge on any atom is 0.490 e. The van der Waals surface area contributed by atoms with Gasteiger partial charge in [0.05, 0.1) is 11.1 Å². The van der Waals surface area contributed by atoms with E-state index in [-0.39, 0.29) is 5.91 Å². The molecule has 5 nitrogen and oxygen atoms in total. The average molecular weight is 352 g/mol. The number of fused-ring (bicyclic) bond motifs is 1. The van der Waals surface area contributed by atoms with E-state index in [2.05, 4.69) is 4.98 Å². The number of nitrogens with zero attached hydrogens (tertiary/aromatic N) is 2. The molecule has 8 heteroatoms. The number of alkyl halides is 3. The summed E-state index contributed by atoms with van der Waals surface area (Å²) in [4.78, 5) is 27.5. The molecule has 1 aliphatic heterocycles. The van der Waals surface area contributed by atoms with Crippen LogP contribution in [0.3, 0.4) is 0 Å². The lowest BCUT2D eigenvalue weighted by Gasteiger charge is -2.16. The Balaban J connectivity index is 0.000000277. The summed E-state index contributed by atoms with van der Waals surface area (Å²) in [6, 6.07) is 7.81. The van der Waals surface area contributed by atoms with Crippen molar-refractivity contribution in [2.45, 2.75) is 13.1 Å². The molecule has 2 heterocycles. The van der Waals surface area contributed by atoms with Crippen molar-refractivity contribution in [2.24, 2.45) is 0 Å². The van der Waals surface area contributed by atoms with Crippen LogP contribution in [0.4, 0.5) is 13.2 Å². The molecular weight excluding hydrogens is 337 g/mol. The number of carboxylic acids is 1. The number of amides is 1. The molecule has 1 N–H and O–H groups in total. The lowest BCUT2D eigenvalue weighted by Crippen LogP contribution is -2.28. The summed E-state index contributed by atoms with van der Waals surface area (Å²) in [5, 5.41) is 8.06. The zero-order valence-electron chi connectivity index (χ0n) is 13.2. The average Bonchev–Trinajstić information content (AvgIpc) is 3.07. The SMILES string of the molecule is Cc1ccc2nccc(C(=O)N3CC=CC3)c2c1.O=C(O)C(F)(F)F. The Labute approximate surface area is 141 Å². The van der Waals surface area contributed by atoms with Crippen LogP contribution >= 0.6 is 0 Å². The normalized spacial score (nSPS) is 13.5. The number of carbonyl (C=O) groups is 2. The van der Waals surface area contributed by atoms with E-state index in [0.29, 0.717) is 13.1 Å². The molecule has 0 bridgehead atoms. The van der Waals surface area contributed by atoms with Gasteiger partial charge in [-0.1, -0.05) is 23.8 Å². The molecule has 25 heavy (non-hydrogen) atoms. The molecule has 0 spiro atoms. The Kier molecular flexibility index (Phi) is 5.41. The Bertz CT molecular complexity index is 823. The smallest absolute Gasteiger partial charge is 0.475 e. The number of carboxylic acid groups (broad SMARTS) is 1. The molecule has 0 radical (unpaired) electrons. The van der Waals surface area contributed by atoms with Crippen LogP contribution in [0.25, 0.3) is 10.9 Å². The number of halogens is 3. The van der Waals surface area contributed by atoms with E-state index in [9.17, 15) is 18.0 Å². The molecular formula is C17H15F3N2O3. The molecule has 0 saturated heterocycles. The fourth-order valence-corrected chi connectivity index (χ4v) is 2.26. The first-order chi connectivity index (χ1) is 11.7. The van der Waals surface area contributed by atoms with E-state index in [4.69, 9.17) is 9.90 Å². The number of pyridine rings is 1. The molecule has 3 rings (SSSR count). The zero-order chi connectivity index (χ0) is 18.6. The summed E-state index contributed by atoms with van der Waals surface area (Å²) < 4.78 is 31.7. The zero-order valence-corrected chi connectivity index (χ0v) is 13.2. The van der Waals surface area contributed by atoms with E-state index < -0.39 is 12.1 Å². The predicted molar refractivity (Wildman–Crippen MR) is 85.2 cm³/mol. The molecule has 2 aromatic rings. The third kappa shape index (κ3) is 4.56. The highest BCUT2D eigenvalue weighted by molar-refractivity contribution is 6.06. The Morgan fingerprint density at radius 3 is 2.32 bits per heavy atom. The second-order valence-electron chi connectivity index (χ2n) is 5.36. The maximum absolute atomic E-state index is 12.4. The topological polar surface area (TPSA) is 70.5 Å². The maximum atomic E-state index is 12.4. The fraction of sp³-hybridized carbons (Fsp3) is 0.235. The Morgan fingerprint density at radius 2 is 1.76 bits per heavy atom. The molecule has 0 aliphatic carbocycles. The second kappa shape index (κ2) is 7.33. The highest BCUT2D eigenvalue weighted by Crippen LogP contribution is 2.20. The monoisotopic (exact) mass is 352 g/mol. The van der Waals surface area contributed by atoms with E-state index in [1.165, 1.54) is 0 Å². The number of benzene rings is 1. The van der Waals surface area contributed by atoms with Crippen molar-refractivity contribution in [3.05, 3.63) is 53.7 Å². The van der Waals surface area contributed by atoms with Gasteiger partial charge in [0, 0.05) is 24.7 Å². The quantitative estimate of drug-likeness (QED) is 0.800. The summed E-state index contributed by atoms with van der Waals surface area (Å²) in [7, 11) is 0. The van der Waals surface area contributed by atoms with Gasteiger partial charge in [-0.15, -0.1) is 0 Å². The van der Waals surface area contributed by atoms with Crippen LogP contribution in [0.15, 0.2) is 42.6 Å². The van der Waals surface area contributed by atoms with E-state index in [0.717, 1.165) is 22.0 Å². The number of hydrogen-bond donors (Lipinski definition) is 1. The minimum atomic E-state index is -5.08. The third-order valence-corrected chi connectivity index (χ3v) is 3.48. The second-order valence-corrected chi connectivity index (χ2v) is 5.36. The van der Waals surface area contributed by atoms with Gasteiger partial charge in [0.2, 0.25) is 0 Å². The third-order valence-electron chi connectivity index (χ3n) is 3.48. The molecule has 1 aliphatic rings. The highest BCUT2D eigenvalue weighted by atomic mass is 19.4.